The van der Waals surface area contributed by atoms with E-state index in [2.05, 4.69) is 46.4 Å². The highest BCUT2D eigenvalue weighted by molar-refractivity contribution is 5.69. The minimum Gasteiger partial charge on any atom is -0.415 e. The Bertz CT molecular complexity index is 1930. The van der Waals surface area contributed by atoms with Gasteiger partial charge >= 0.3 is 0 Å². The Morgan fingerprint density at radius 1 is 0.476 bits per heavy atom. The molecule has 0 N–H and O–H groups in total. The van der Waals surface area contributed by atoms with Crippen LogP contribution < -0.4 is 0 Å². The molecule has 1 aromatic carbocycles. The van der Waals surface area contributed by atoms with Crippen molar-refractivity contribution in [3.05, 3.63) is 109 Å². The van der Waals surface area contributed by atoms with Gasteiger partial charge in [-0.3, -0.25) is 9.97 Å². The highest BCUT2D eigenvalue weighted by atomic mass is 16.4. The second-order valence-corrected chi connectivity index (χ2v) is 8.98. The maximum absolute atomic E-state index is 9.71. The van der Waals surface area contributed by atoms with Crippen LogP contribution in [0.15, 0.2) is 112 Å². The van der Waals surface area contributed by atoms with Crippen LogP contribution in [0.4, 0.5) is 0 Å². The summed E-state index contributed by atoms with van der Waals surface area (Å²) in [5.74, 6) is 0.868. The van der Waals surface area contributed by atoms with Gasteiger partial charge in [0.1, 0.15) is 11.4 Å². The van der Waals surface area contributed by atoms with Gasteiger partial charge in [-0.25, -0.2) is 9.97 Å². The van der Waals surface area contributed by atoms with Crippen LogP contribution in [0.2, 0.25) is 0 Å². The van der Waals surface area contributed by atoms with Crippen LogP contribution in [0, 0.1) is 11.3 Å². The number of aromatic nitrogens is 8. The average molecular weight is 548 g/mol. The summed E-state index contributed by atoms with van der Waals surface area (Å²) in [6.07, 6.45) is 3.41. The van der Waals surface area contributed by atoms with Crippen molar-refractivity contribution in [1.29, 1.82) is 5.26 Å². The summed E-state index contributed by atoms with van der Waals surface area (Å²) in [6, 6.07) is 29.4. The Labute approximate surface area is 238 Å². The van der Waals surface area contributed by atoms with Gasteiger partial charge < -0.3 is 8.83 Å². The van der Waals surface area contributed by atoms with Gasteiger partial charge in [-0.05, 0) is 66.7 Å². The van der Waals surface area contributed by atoms with Crippen molar-refractivity contribution in [2.45, 2.75) is 0 Å². The molecule has 0 atom stereocenters. The standard InChI is InChI=1S/C31H17N9O2/c32-18-19-15-20(28-37-39-30(41-28)26-11-5-9-24(35-26)22-7-1-3-13-33-22)17-21(16-19)29-38-40-31(42-29)27-12-6-10-25(36-27)23-8-2-4-14-34-23/h1-17H. The van der Waals surface area contributed by atoms with Crippen molar-refractivity contribution in [2.75, 3.05) is 0 Å². The molecule has 6 aromatic heterocycles. The number of rotatable bonds is 6. The average Bonchev–Trinajstić information content (AvgIpc) is 3.77. The molecule has 0 radical (unpaired) electrons. The van der Waals surface area contributed by atoms with E-state index >= 15 is 0 Å². The maximum atomic E-state index is 9.71. The molecule has 198 valence electrons. The van der Waals surface area contributed by atoms with Gasteiger partial charge in [0, 0.05) is 23.5 Å². The number of nitriles is 1. The van der Waals surface area contributed by atoms with Gasteiger partial charge in [-0.15, -0.1) is 20.4 Å². The lowest BCUT2D eigenvalue weighted by atomic mass is 10.1. The SMILES string of the molecule is N#Cc1cc(-c2nnc(-c3cccc(-c4ccccn4)n3)o2)cc(-c2nnc(-c3cccc(-c4ccccn4)n3)o2)c1. The van der Waals surface area contributed by atoms with Gasteiger partial charge in [0.2, 0.25) is 11.8 Å². The summed E-state index contributed by atoms with van der Waals surface area (Å²) in [4.78, 5) is 17.9. The third-order valence-corrected chi connectivity index (χ3v) is 6.20. The fourth-order valence-electron chi connectivity index (χ4n) is 4.25. The van der Waals surface area contributed by atoms with E-state index in [1.54, 1.807) is 42.7 Å². The molecule has 6 heterocycles. The summed E-state index contributed by atoms with van der Waals surface area (Å²) in [7, 11) is 0. The lowest BCUT2D eigenvalue weighted by Gasteiger charge is -2.02. The highest BCUT2D eigenvalue weighted by Crippen LogP contribution is 2.31. The van der Waals surface area contributed by atoms with Gasteiger partial charge in [0.15, 0.2) is 0 Å². The molecule has 11 heteroatoms. The van der Waals surface area contributed by atoms with Crippen molar-refractivity contribution in [2.24, 2.45) is 0 Å². The van der Waals surface area contributed by atoms with Crippen LogP contribution in [0.5, 0.6) is 0 Å². The zero-order chi connectivity index (χ0) is 28.3. The van der Waals surface area contributed by atoms with E-state index in [-0.39, 0.29) is 23.6 Å². The molecular formula is C31H17N9O2. The smallest absolute Gasteiger partial charge is 0.266 e. The van der Waals surface area contributed by atoms with Crippen molar-refractivity contribution in [1.82, 2.24) is 40.3 Å². The summed E-state index contributed by atoms with van der Waals surface area (Å²) in [5.41, 5.74) is 5.17. The van der Waals surface area contributed by atoms with Crippen molar-refractivity contribution in [3.8, 4) is 74.9 Å². The summed E-state index contributed by atoms with van der Waals surface area (Å²) in [5, 5.41) is 26.5. The zero-order valence-electron chi connectivity index (χ0n) is 21.7. The molecule has 0 aliphatic rings. The van der Waals surface area contributed by atoms with Crippen LogP contribution in [-0.2, 0) is 0 Å². The lowest BCUT2D eigenvalue weighted by Crippen LogP contribution is -1.89. The van der Waals surface area contributed by atoms with Gasteiger partial charge in [0.05, 0.1) is 34.4 Å². The fourth-order valence-corrected chi connectivity index (χ4v) is 4.25. The molecule has 7 aromatic rings. The van der Waals surface area contributed by atoms with E-state index < -0.39 is 0 Å². The minimum absolute atomic E-state index is 0.206. The third-order valence-electron chi connectivity index (χ3n) is 6.20. The van der Waals surface area contributed by atoms with Crippen LogP contribution in [0.1, 0.15) is 5.56 Å². The predicted molar refractivity (Wildman–Crippen MR) is 151 cm³/mol. The third kappa shape index (κ3) is 4.87. The van der Waals surface area contributed by atoms with E-state index in [0.717, 1.165) is 11.4 Å². The number of pyridine rings is 4. The normalized spacial score (nSPS) is 10.8. The van der Waals surface area contributed by atoms with Crippen molar-refractivity contribution >= 4 is 0 Å². The molecule has 0 spiro atoms. The van der Waals surface area contributed by atoms with Gasteiger partial charge in [0.25, 0.3) is 11.8 Å². The van der Waals surface area contributed by atoms with E-state index in [9.17, 15) is 5.26 Å². The molecule has 7 rings (SSSR count). The Kier molecular flexibility index (Phi) is 6.23. The maximum Gasteiger partial charge on any atom is 0.266 e. The molecule has 42 heavy (non-hydrogen) atoms. The first-order chi connectivity index (χ1) is 20.7. The summed E-state index contributed by atoms with van der Waals surface area (Å²) >= 11 is 0. The number of nitrogens with zero attached hydrogens (tertiary/aromatic N) is 9. The van der Waals surface area contributed by atoms with E-state index in [4.69, 9.17) is 8.83 Å². The molecule has 0 saturated carbocycles. The van der Waals surface area contributed by atoms with Crippen LogP contribution in [0.3, 0.4) is 0 Å². The van der Waals surface area contributed by atoms with Crippen LogP contribution in [-0.4, -0.2) is 40.3 Å². The zero-order valence-corrected chi connectivity index (χ0v) is 21.7. The molecule has 11 nitrogen and oxygen atoms in total. The second-order valence-electron chi connectivity index (χ2n) is 8.98. The Hall–Kier alpha value is -6.41. The van der Waals surface area contributed by atoms with E-state index in [1.807, 2.05) is 60.7 Å². The van der Waals surface area contributed by atoms with Crippen LogP contribution in [0.25, 0.3) is 68.9 Å². The molecule has 0 unspecified atom stereocenters. The summed E-state index contributed by atoms with van der Waals surface area (Å²) in [6.45, 7) is 0. The summed E-state index contributed by atoms with van der Waals surface area (Å²) < 4.78 is 11.9. The van der Waals surface area contributed by atoms with Gasteiger partial charge in [-0.1, -0.05) is 24.3 Å². The molecule has 0 saturated heterocycles. The number of hydrogen-bond donors (Lipinski definition) is 0. The first-order valence-electron chi connectivity index (χ1n) is 12.7. The van der Waals surface area contributed by atoms with Crippen molar-refractivity contribution in [3.63, 3.8) is 0 Å². The molecule has 0 fully saturated rings. The topological polar surface area (TPSA) is 153 Å². The largest absolute Gasteiger partial charge is 0.415 e. The molecule has 0 amide bonds. The molecule has 0 bridgehead atoms. The lowest BCUT2D eigenvalue weighted by molar-refractivity contribution is 0.580. The number of benzene rings is 1. The quantitative estimate of drug-likeness (QED) is 0.244. The highest BCUT2D eigenvalue weighted by Gasteiger charge is 2.18. The van der Waals surface area contributed by atoms with Crippen molar-refractivity contribution < 1.29 is 8.83 Å². The predicted octanol–water partition coefficient (Wildman–Crippen LogP) is 5.91. The van der Waals surface area contributed by atoms with E-state index in [0.29, 0.717) is 39.5 Å². The second kappa shape index (κ2) is 10.6. The molecule has 0 aliphatic carbocycles. The monoisotopic (exact) mass is 547 g/mol. The van der Waals surface area contributed by atoms with Gasteiger partial charge in [-0.2, -0.15) is 5.26 Å². The minimum atomic E-state index is 0.206. The fraction of sp³-hybridized carbons (Fsp3) is 0. The Morgan fingerprint density at radius 3 is 1.38 bits per heavy atom. The van der Waals surface area contributed by atoms with E-state index in [1.165, 1.54) is 0 Å². The first kappa shape index (κ1) is 24.6. The molecule has 0 aliphatic heterocycles. The molecular weight excluding hydrogens is 530 g/mol. The van der Waals surface area contributed by atoms with Crippen LogP contribution >= 0.6 is 0 Å². The number of hydrogen-bond acceptors (Lipinski definition) is 11. The Morgan fingerprint density at radius 2 is 0.929 bits per heavy atom. The first-order valence-corrected chi connectivity index (χ1v) is 12.7. The Balaban J connectivity index is 1.20.